The molecule has 214 valence electrons. The van der Waals surface area contributed by atoms with Gasteiger partial charge in [-0.25, -0.2) is 0 Å². The summed E-state index contributed by atoms with van der Waals surface area (Å²) in [6.45, 7) is 13.8. The van der Waals surface area contributed by atoms with Gasteiger partial charge in [-0.15, -0.1) is 0 Å². The van der Waals surface area contributed by atoms with E-state index in [0.717, 1.165) is 6.42 Å². The van der Waals surface area contributed by atoms with Crippen molar-refractivity contribution in [3.8, 4) is 11.1 Å². The Morgan fingerprint density at radius 2 is 1.02 bits per heavy atom. The number of hydrogen-bond donors (Lipinski definition) is 0. The van der Waals surface area contributed by atoms with Gasteiger partial charge in [0.1, 0.15) is 0 Å². The van der Waals surface area contributed by atoms with Crippen LogP contribution in [0, 0.1) is 0 Å². The molecule has 2 aliphatic rings. The molecule has 0 spiro atoms. The summed E-state index contributed by atoms with van der Waals surface area (Å²) in [7, 11) is 0. The van der Waals surface area contributed by atoms with E-state index in [1.807, 2.05) is 0 Å². The zero-order valence-electron chi connectivity index (χ0n) is 25.5. The molecule has 0 aliphatic heterocycles. The van der Waals surface area contributed by atoms with Crippen LogP contribution in [0.15, 0.2) is 119 Å². The summed E-state index contributed by atoms with van der Waals surface area (Å²) in [4.78, 5) is 0. The van der Waals surface area contributed by atoms with E-state index in [0.29, 0.717) is 3.63 Å². The summed E-state index contributed by atoms with van der Waals surface area (Å²) in [6, 6.07) is 37.6. The molecular weight excluding hydrogens is 631 g/mol. The SMILES string of the molecule is CC(C)(C)c1ccc([C](c2ccc(C(C)(C)C)cc2)=[Zr+2]([C]2=CC=CC2)[CH]2c3ccccc3-c3ccccc32)cc1.[Cl-].[Cl-]. The molecule has 6 rings (SSSR count). The summed E-state index contributed by atoms with van der Waals surface area (Å²) in [5.74, 6) is 0. The normalized spacial score (nSPS) is 13.7. The first-order valence-electron chi connectivity index (χ1n) is 14.6. The van der Waals surface area contributed by atoms with Crippen LogP contribution in [-0.4, -0.2) is 3.21 Å². The van der Waals surface area contributed by atoms with Gasteiger partial charge in [-0.05, 0) is 0 Å². The van der Waals surface area contributed by atoms with Gasteiger partial charge in [-0.1, -0.05) is 0 Å². The fourth-order valence-corrected chi connectivity index (χ4v) is 15.4. The van der Waals surface area contributed by atoms with Crippen LogP contribution >= 0.6 is 0 Å². The standard InChI is InChI=1S/C21H26.C13H9.C5H5.2ClH.Zr/c1-20(2,3)18-11-7-16(8-12-18)15-17-9-13-19(14-10-17)21(4,5)6;1-3-7-12-10(5-1)9-11-6-2-4-8-13(11)12;1-2-4-5-3-1;;;/h7-14H,1-6H3;1-9H;1-3H,4H2;2*1H;/q;;;;;+2/p-2. The third-order valence-electron chi connectivity index (χ3n) is 8.59. The topological polar surface area (TPSA) is 0 Å². The van der Waals surface area contributed by atoms with Crippen molar-refractivity contribution in [1.29, 1.82) is 0 Å². The second-order valence-electron chi connectivity index (χ2n) is 13.4. The molecule has 0 atom stereocenters. The number of hydrogen-bond acceptors (Lipinski definition) is 0. The minimum absolute atomic E-state index is 0. The van der Waals surface area contributed by atoms with Gasteiger partial charge in [0.05, 0.1) is 0 Å². The van der Waals surface area contributed by atoms with E-state index in [1.54, 1.807) is 6.49 Å². The minimum Gasteiger partial charge on any atom is -1.00 e. The maximum absolute atomic E-state index is 2.61. The Balaban J connectivity index is 0.00000202. The average molecular weight is 671 g/mol. The molecule has 0 heterocycles. The third kappa shape index (κ3) is 6.17. The Hall–Kier alpha value is -2.31. The van der Waals surface area contributed by atoms with Crippen molar-refractivity contribution in [3.63, 3.8) is 0 Å². The van der Waals surface area contributed by atoms with Gasteiger partial charge in [0.15, 0.2) is 0 Å². The van der Waals surface area contributed by atoms with Crippen LogP contribution in [-0.2, 0) is 32.1 Å². The Labute approximate surface area is 273 Å². The van der Waals surface area contributed by atoms with Crippen molar-refractivity contribution in [3.05, 3.63) is 152 Å². The fourth-order valence-electron chi connectivity index (χ4n) is 6.36. The molecule has 0 saturated heterocycles. The van der Waals surface area contributed by atoms with Crippen molar-refractivity contribution >= 4 is 3.21 Å². The van der Waals surface area contributed by atoms with Crippen LogP contribution in [0.25, 0.3) is 11.1 Å². The van der Waals surface area contributed by atoms with Crippen molar-refractivity contribution in [1.82, 2.24) is 0 Å². The molecule has 3 heteroatoms. The first-order chi connectivity index (χ1) is 19.1. The van der Waals surface area contributed by atoms with Crippen molar-refractivity contribution in [2.45, 2.75) is 62.4 Å². The van der Waals surface area contributed by atoms with Crippen LogP contribution in [0.2, 0.25) is 0 Å². The molecule has 0 amide bonds. The van der Waals surface area contributed by atoms with Crippen molar-refractivity contribution < 1.29 is 46.1 Å². The molecule has 42 heavy (non-hydrogen) atoms. The first-order valence-corrected chi connectivity index (χ1v) is 18.5. The van der Waals surface area contributed by atoms with Gasteiger partial charge >= 0.3 is 250 Å². The van der Waals surface area contributed by atoms with E-state index < -0.39 is 21.3 Å². The summed E-state index contributed by atoms with van der Waals surface area (Å²) >= 11 is -2.61. The zero-order valence-corrected chi connectivity index (χ0v) is 29.5. The average Bonchev–Trinajstić information content (AvgIpc) is 3.58. The van der Waals surface area contributed by atoms with Crippen LogP contribution in [0.5, 0.6) is 0 Å². The van der Waals surface area contributed by atoms with Crippen molar-refractivity contribution in [2.24, 2.45) is 0 Å². The van der Waals surface area contributed by atoms with E-state index in [-0.39, 0.29) is 35.6 Å². The Bertz CT molecular complexity index is 1550. The molecule has 4 aromatic rings. The van der Waals surface area contributed by atoms with E-state index in [2.05, 4.69) is 157 Å². The Morgan fingerprint density at radius 1 is 0.595 bits per heavy atom. The maximum atomic E-state index is 2.46. The quantitative estimate of drug-likeness (QED) is 0.307. The van der Waals surface area contributed by atoms with Gasteiger partial charge in [-0.2, -0.15) is 0 Å². The van der Waals surface area contributed by atoms with Gasteiger partial charge in [0, 0.05) is 0 Å². The van der Waals surface area contributed by atoms with Crippen LogP contribution in [0.4, 0.5) is 0 Å². The summed E-state index contributed by atoms with van der Waals surface area (Å²) in [6.07, 6.45) is 8.21. The summed E-state index contributed by atoms with van der Waals surface area (Å²) in [5.41, 5.74) is 11.8. The largest absolute Gasteiger partial charge is 1.00 e. The molecule has 0 fully saturated rings. The predicted molar refractivity (Wildman–Crippen MR) is 169 cm³/mol. The Morgan fingerprint density at radius 3 is 1.40 bits per heavy atom. The second-order valence-corrected chi connectivity index (χ2v) is 19.6. The summed E-state index contributed by atoms with van der Waals surface area (Å²) in [5, 5.41) is 0. The van der Waals surface area contributed by atoms with E-state index >= 15 is 0 Å². The minimum atomic E-state index is -2.61. The molecule has 0 radical (unpaired) electrons. The number of fused-ring (bicyclic) bond motifs is 3. The maximum Gasteiger partial charge on any atom is -1.00 e. The number of allylic oxidation sites excluding steroid dienone is 4. The fraction of sp³-hybridized carbons (Fsp3) is 0.256. The van der Waals surface area contributed by atoms with Gasteiger partial charge < -0.3 is 24.8 Å². The molecule has 0 N–H and O–H groups in total. The number of halogens is 2. The van der Waals surface area contributed by atoms with Gasteiger partial charge in [0.2, 0.25) is 0 Å². The molecule has 0 aromatic heterocycles. The van der Waals surface area contributed by atoms with E-state index in [4.69, 9.17) is 0 Å². The Kier molecular flexibility index (Phi) is 9.89. The predicted octanol–water partition coefficient (Wildman–Crippen LogP) is 4.09. The number of benzene rings is 4. The van der Waals surface area contributed by atoms with Crippen LogP contribution in [0.3, 0.4) is 0 Å². The molecule has 2 aliphatic carbocycles. The summed E-state index contributed by atoms with van der Waals surface area (Å²) < 4.78 is 3.77. The third-order valence-corrected chi connectivity index (χ3v) is 16.9. The molecule has 0 nitrogen and oxygen atoms in total. The van der Waals surface area contributed by atoms with Gasteiger partial charge in [-0.3, -0.25) is 0 Å². The van der Waals surface area contributed by atoms with E-state index in [9.17, 15) is 0 Å². The molecule has 0 unspecified atom stereocenters. The van der Waals surface area contributed by atoms with E-state index in [1.165, 1.54) is 44.5 Å². The first kappa shape index (κ1) is 32.6. The van der Waals surface area contributed by atoms with Crippen molar-refractivity contribution in [2.75, 3.05) is 0 Å². The molecule has 4 aromatic carbocycles. The van der Waals surface area contributed by atoms with Gasteiger partial charge in [0.25, 0.3) is 0 Å². The molecule has 0 saturated carbocycles. The van der Waals surface area contributed by atoms with Crippen LogP contribution in [0.1, 0.15) is 85.0 Å². The monoisotopic (exact) mass is 668 g/mol. The van der Waals surface area contributed by atoms with Crippen LogP contribution < -0.4 is 24.8 Å². The molecule has 0 bridgehead atoms. The number of rotatable bonds is 4. The zero-order chi connectivity index (χ0) is 28.1. The molecular formula is C39H40Cl2Zr. The smallest absolute Gasteiger partial charge is 1.00 e. The second kappa shape index (κ2) is 12.7.